The number of allylic oxidation sites excluding steroid dienone is 4. The normalized spacial score (nSPS) is 19.6. The van der Waals surface area contributed by atoms with E-state index in [1.165, 1.54) is 7.11 Å². The van der Waals surface area contributed by atoms with Gasteiger partial charge in [-0.2, -0.15) is 0 Å². The van der Waals surface area contributed by atoms with Gasteiger partial charge in [-0.25, -0.2) is 0 Å². The zero-order valence-corrected chi connectivity index (χ0v) is 27.0. The van der Waals surface area contributed by atoms with Gasteiger partial charge >= 0.3 is 0 Å². The highest BCUT2D eigenvalue weighted by Gasteiger charge is 2.46. The number of anilines is 1. The molecule has 0 bridgehead atoms. The first-order valence-electron chi connectivity index (χ1n) is 14.3. The molecule has 8 heteroatoms. The van der Waals surface area contributed by atoms with E-state index in [1.54, 1.807) is 0 Å². The smallest absolute Gasteiger partial charge is 0.262 e. The minimum absolute atomic E-state index is 0.0568. The third-order valence-electron chi connectivity index (χ3n) is 8.44. The van der Waals surface area contributed by atoms with Crippen molar-refractivity contribution in [2.45, 2.75) is 73.1 Å². The van der Waals surface area contributed by atoms with Gasteiger partial charge in [-0.3, -0.25) is 14.4 Å². The number of nitrogens with one attached hydrogen (secondary N) is 2. The second-order valence-electron chi connectivity index (χ2n) is 13.4. The Morgan fingerprint density at radius 2 is 1.52 bits per heavy atom. The van der Waals surface area contributed by atoms with E-state index < -0.39 is 5.92 Å². The number of rotatable bonds is 6. The number of carbonyl (C=O) groups is 3. The van der Waals surface area contributed by atoms with Crippen LogP contribution in [0.1, 0.15) is 76.0 Å². The van der Waals surface area contributed by atoms with Crippen molar-refractivity contribution in [3.63, 3.8) is 0 Å². The molecule has 222 valence electrons. The molecular formula is C34H39BrN2O5. The Kier molecular flexibility index (Phi) is 7.90. The molecule has 2 N–H and O–H groups in total. The van der Waals surface area contributed by atoms with Crippen LogP contribution >= 0.6 is 15.9 Å². The fraction of sp³-hybridized carbons (Fsp3) is 0.441. The molecule has 0 spiro atoms. The molecule has 3 aliphatic rings. The van der Waals surface area contributed by atoms with Crippen molar-refractivity contribution >= 4 is 39.1 Å². The summed E-state index contributed by atoms with van der Waals surface area (Å²) in [5.41, 5.74) is 6.50. The van der Waals surface area contributed by atoms with E-state index in [0.29, 0.717) is 45.6 Å². The van der Waals surface area contributed by atoms with Crippen LogP contribution in [0, 0.1) is 24.7 Å². The van der Waals surface area contributed by atoms with E-state index in [2.05, 4.69) is 54.3 Å². The number of halogens is 1. The van der Waals surface area contributed by atoms with Crippen LogP contribution in [-0.2, 0) is 14.4 Å². The summed E-state index contributed by atoms with van der Waals surface area (Å²) in [5, 5.41) is 6.42. The molecular weight excluding hydrogens is 596 g/mol. The van der Waals surface area contributed by atoms with E-state index in [1.807, 2.05) is 44.2 Å². The van der Waals surface area contributed by atoms with Crippen LogP contribution in [0.15, 0.2) is 57.3 Å². The highest BCUT2D eigenvalue weighted by Crippen LogP contribution is 2.52. The van der Waals surface area contributed by atoms with Gasteiger partial charge in [-0.1, -0.05) is 33.8 Å². The molecule has 2 aliphatic carbocycles. The number of dihydropyridines is 1. The molecule has 0 radical (unpaired) electrons. The van der Waals surface area contributed by atoms with E-state index in [0.717, 1.165) is 40.9 Å². The number of amides is 1. The van der Waals surface area contributed by atoms with Crippen molar-refractivity contribution in [3.05, 3.63) is 74.0 Å². The number of aryl methyl sites for hydroxylation is 2. The lowest BCUT2D eigenvalue weighted by molar-refractivity contribution is -0.119. The van der Waals surface area contributed by atoms with Crippen LogP contribution < -0.4 is 20.1 Å². The predicted molar refractivity (Wildman–Crippen MR) is 167 cm³/mol. The quantitative estimate of drug-likeness (QED) is 0.353. The van der Waals surface area contributed by atoms with E-state index in [4.69, 9.17) is 9.47 Å². The minimum Gasteiger partial charge on any atom is -0.493 e. The Hall–Kier alpha value is -3.39. The van der Waals surface area contributed by atoms with Gasteiger partial charge < -0.3 is 20.1 Å². The number of ketones is 2. The molecule has 0 atom stereocenters. The van der Waals surface area contributed by atoms with Gasteiger partial charge in [0.25, 0.3) is 5.91 Å². The molecule has 0 aromatic heterocycles. The summed E-state index contributed by atoms with van der Waals surface area (Å²) in [5.74, 6) is 0.0953. The molecule has 7 nitrogen and oxygen atoms in total. The fourth-order valence-electron chi connectivity index (χ4n) is 6.42. The maximum Gasteiger partial charge on any atom is 0.262 e. The largest absolute Gasteiger partial charge is 0.493 e. The summed E-state index contributed by atoms with van der Waals surface area (Å²) in [6.45, 7) is 12.2. The summed E-state index contributed by atoms with van der Waals surface area (Å²) >= 11 is 3.63. The highest BCUT2D eigenvalue weighted by atomic mass is 79.9. The topological polar surface area (TPSA) is 93.7 Å². The molecule has 2 aromatic rings. The van der Waals surface area contributed by atoms with Gasteiger partial charge in [0.05, 0.1) is 11.6 Å². The Morgan fingerprint density at radius 3 is 2.07 bits per heavy atom. The highest BCUT2D eigenvalue weighted by molar-refractivity contribution is 9.10. The van der Waals surface area contributed by atoms with Gasteiger partial charge in [0, 0.05) is 47.0 Å². The SMILES string of the molecule is COc1cc(C2C3=C(CC(C)(C)CC3=O)NC3=C2C(=O)CC(C)(C)C3)cc(Br)c1OCC(=O)Nc1ccc(C)c(C)c1. The summed E-state index contributed by atoms with van der Waals surface area (Å²) in [6, 6.07) is 9.45. The summed E-state index contributed by atoms with van der Waals surface area (Å²) < 4.78 is 12.2. The Bertz CT molecular complexity index is 1510. The summed E-state index contributed by atoms with van der Waals surface area (Å²) in [6.07, 6.45) is 2.29. The van der Waals surface area contributed by atoms with E-state index in [-0.39, 0.29) is 34.9 Å². The van der Waals surface area contributed by atoms with Gasteiger partial charge in [-0.05, 0) is 94.4 Å². The lowest BCUT2D eigenvalue weighted by Crippen LogP contribution is -2.42. The van der Waals surface area contributed by atoms with Crippen molar-refractivity contribution < 1.29 is 23.9 Å². The van der Waals surface area contributed by atoms with Gasteiger partial charge in [-0.15, -0.1) is 0 Å². The average Bonchev–Trinajstić information content (AvgIpc) is 2.87. The molecule has 0 saturated heterocycles. The molecule has 0 unspecified atom stereocenters. The summed E-state index contributed by atoms with van der Waals surface area (Å²) in [4.78, 5) is 40.0. The molecule has 0 fully saturated rings. The van der Waals surface area contributed by atoms with Crippen molar-refractivity contribution in [3.8, 4) is 11.5 Å². The number of benzene rings is 2. The van der Waals surface area contributed by atoms with Crippen LogP contribution in [-0.4, -0.2) is 31.2 Å². The first kappa shape index (κ1) is 30.1. The van der Waals surface area contributed by atoms with Crippen molar-refractivity contribution in [1.29, 1.82) is 0 Å². The van der Waals surface area contributed by atoms with Gasteiger partial charge in [0.1, 0.15) is 0 Å². The average molecular weight is 636 g/mol. The molecule has 5 rings (SSSR count). The fourth-order valence-corrected chi connectivity index (χ4v) is 7.00. The predicted octanol–water partition coefficient (Wildman–Crippen LogP) is 7.07. The molecule has 1 heterocycles. The van der Waals surface area contributed by atoms with Crippen molar-refractivity contribution in [2.75, 3.05) is 19.0 Å². The summed E-state index contributed by atoms with van der Waals surface area (Å²) in [7, 11) is 1.54. The molecule has 1 amide bonds. The molecule has 42 heavy (non-hydrogen) atoms. The number of hydrogen-bond acceptors (Lipinski definition) is 6. The monoisotopic (exact) mass is 634 g/mol. The van der Waals surface area contributed by atoms with Crippen LogP contribution in [0.4, 0.5) is 5.69 Å². The third kappa shape index (κ3) is 5.91. The zero-order valence-electron chi connectivity index (χ0n) is 25.4. The first-order chi connectivity index (χ1) is 19.7. The van der Waals surface area contributed by atoms with Crippen LogP contribution in [0.25, 0.3) is 0 Å². The Morgan fingerprint density at radius 1 is 0.929 bits per heavy atom. The van der Waals surface area contributed by atoms with Crippen LogP contribution in [0.5, 0.6) is 11.5 Å². The lowest BCUT2D eigenvalue weighted by atomic mass is 9.64. The van der Waals surface area contributed by atoms with Crippen molar-refractivity contribution in [2.24, 2.45) is 10.8 Å². The standard InChI is InChI=1S/C34H39BrN2O5/c1-18-8-9-21(10-19(18)2)36-28(40)17-42-32-22(35)11-20(12-27(32)41-7)29-30-23(13-33(3,4)15-25(30)38)37-24-14-34(5,6)16-26(39)31(24)29/h8-12,29,37H,13-17H2,1-7H3,(H,36,40). The molecule has 0 saturated carbocycles. The maximum atomic E-state index is 13.7. The van der Waals surface area contributed by atoms with Crippen LogP contribution in [0.3, 0.4) is 0 Å². The first-order valence-corrected chi connectivity index (χ1v) is 15.1. The number of methoxy groups -OCH3 is 1. The van der Waals surface area contributed by atoms with E-state index in [9.17, 15) is 14.4 Å². The van der Waals surface area contributed by atoms with E-state index >= 15 is 0 Å². The van der Waals surface area contributed by atoms with Gasteiger partial charge in [0.15, 0.2) is 29.7 Å². The Balaban J connectivity index is 1.49. The Labute approximate surface area is 256 Å². The third-order valence-corrected chi connectivity index (χ3v) is 9.03. The number of Topliss-reactive ketones (excluding diaryl/α,β-unsaturated/α-hetero) is 2. The second-order valence-corrected chi connectivity index (χ2v) is 14.2. The number of hydrogen-bond donors (Lipinski definition) is 2. The maximum absolute atomic E-state index is 13.7. The van der Waals surface area contributed by atoms with Crippen molar-refractivity contribution in [1.82, 2.24) is 5.32 Å². The lowest BCUT2D eigenvalue weighted by Gasteiger charge is -2.44. The molecule has 1 aliphatic heterocycles. The zero-order chi connectivity index (χ0) is 30.6. The number of carbonyl (C=O) groups excluding carboxylic acids is 3. The number of ether oxygens (including phenoxy) is 2. The second kappa shape index (κ2) is 11.0. The minimum atomic E-state index is -0.504. The molecule has 2 aromatic carbocycles. The van der Waals surface area contributed by atoms with Gasteiger partial charge in [0.2, 0.25) is 0 Å². The van der Waals surface area contributed by atoms with Crippen LogP contribution in [0.2, 0.25) is 0 Å².